The van der Waals surface area contributed by atoms with Crippen molar-refractivity contribution in [3.05, 3.63) is 0 Å². The van der Waals surface area contributed by atoms with E-state index in [1.54, 1.807) is 0 Å². The van der Waals surface area contributed by atoms with Crippen molar-refractivity contribution in [1.82, 2.24) is 0 Å². The third kappa shape index (κ3) is 18.9. The molecule has 0 aromatic heterocycles. The second kappa shape index (κ2) is 23.9. The number of hydrogen-bond donors (Lipinski definition) is 3. The Morgan fingerprint density at radius 1 is 0.615 bits per heavy atom. The molecule has 2 atom stereocenters. The van der Waals surface area contributed by atoms with Crippen LogP contribution < -0.4 is 0 Å². The van der Waals surface area contributed by atoms with E-state index in [4.69, 9.17) is 9.84 Å². The highest BCUT2D eigenvalue weighted by molar-refractivity contribution is 5.93. The second-order valence-electron chi connectivity index (χ2n) is 11.0. The number of esters is 2. The summed E-state index contributed by atoms with van der Waals surface area (Å²) in [6, 6.07) is 0. The van der Waals surface area contributed by atoms with Gasteiger partial charge in [0.2, 0.25) is 0 Å². The minimum atomic E-state index is -2.83. The molecule has 0 saturated heterocycles. The summed E-state index contributed by atoms with van der Waals surface area (Å²) < 4.78 is 4.88. The van der Waals surface area contributed by atoms with Crippen LogP contribution in [-0.2, 0) is 23.9 Å². The van der Waals surface area contributed by atoms with E-state index in [1.807, 2.05) is 0 Å². The fraction of sp³-hybridized carbons (Fsp3) is 0.871. The molecule has 8 nitrogen and oxygen atoms in total. The lowest BCUT2D eigenvalue weighted by molar-refractivity contribution is -0.184. The van der Waals surface area contributed by atoms with Crippen LogP contribution in [0.3, 0.4) is 0 Å². The van der Waals surface area contributed by atoms with Crippen LogP contribution in [0.2, 0.25) is 0 Å². The van der Waals surface area contributed by atoms with Crippen LogP contribution in [0.4, 0.5) is 0 Å². The molecule has 8 heteroatoms. The molecule has 0 aromatic carbocycles. The first kappa shape index (κ1) is 37.0. The summed E-state index contributed by atoms with van der Waals surface area (Å²) in [7, 11) is 0. The first-order valence-corrected chi connectivity index (χ1v) is 15.6. The molecule has 0 rings (SSSR count). The molecule has 0 spiro atoms. The van der Waals surface area contributed by atoms with E-state index >= 15 is 0 Å². The van der Waals surface area contributed by atoms with Gasteiger partial charge in [0.1, 0.15) is 0 Å². The van der Waals surface area contributed by atoms with Gasteiger partial charge >= 0.3 is 23.9 Å². The van der Waals surface area contributed by atoms with Crippen molar-refractivity contribution in [3.8, 4) is 0 Å². The zero-order valence-corrected chi connectivity index (χ0v) is 24.7. The van der Waals surface area contributed by atoms with Crippen molar-refractivity contribution < 1.29 is 39.2 Å². The summed E-state index contributed by atoms with van der Waals surface area (Å²) in [5, 5.41) is 29.4. The third-order valence-electron chi connectivity index (χ3n) is 7.45. The van der Waals surface area contributed by atoms with E-state index in [2.05, 4.69) is 13.8 Å². The van der Waals surface area contributed by atoms with Gasteiger partial charge in [0, 0.05) is 6.42 Å². The number of unbranched alkanes of at least 4 members (excludes halogenated alkanes) is 18. The summed E-state index contributed by atoms with van der Waals surface area (Å²) in [6.45, 7) is 4.31. The van der Waals surface area contributed by atoms with E-state index in [-0.39, 0.29) is 12.8 Å². The van der Waals surface area contributed by atoms with Gasteiger partial charge in [0.05, 0.1) is 12.3 Å². The van der Waals surface area contributed by atoms with Crippen molar-refractivity contribution in [2.45, 2.75) is 167 Å². The number of hydrogen-bond acceptors (Lipinski definition) is 6. The Morgan fingerprint density at radius 3 is 1.38 bits per heavy atom. The molecule has 0 aliphatic rings. The zero-order valence-electron chi connectivity index (χ0n) is 24.7. The molecule has 228 valence electrons. The van der Waals surface area contributed by atoms with Crippen molar-refractivity contribution in [3.63, 3.8) is 0 Å². The molecule has 0 bridgehead atoms. The Labute approximate surface area is 236 Å². The molecule has 0 heterocycles. The summed E-state index contributed by atoms with van der Waals surface area (Å²) >= 11 is 0. The quantitative estimate of drug-likeness (QED) is 0.0534. The molecule has 0 amide bonds. The lowest BCUT2D eigenvalue weighted by atomic mass is 9.81. The summed E-state index contributed by atoms with van der Waals surface area (Å²) in [4.78, 5) is 48.0. The molecular weight excluding hydrogens is 500 g/mol. The number of aliphatic hydroxyl groups is 1. The second-order valence-corrected chi connectivity index (χ2v) is 11.0. The molecule has 0 aromatic rings. The SMILES string of the molecule is CCCCCCCCCCCCCCCCCC(C(=O)OC(=O)CCCCCCC)C(O)(CC(=O)O)C(=O)O. The van der Waals surface area contributed by atoms with E-state index in [1.165, 1.54) is 64.2 Å². The number of carbonyl (C=O) groups is 4. The van der Waals surface area contributed by atoms with Crippen LogP contribution in [0.25, 0.3) is 0 Å². The van der Waals surface area contributed by atoms with Gasteiger partial charge in [-0.25, -0.2) is 4.79 Å². The van der Waals surface area contributed by atoms with Crippen molar-refractivity contribution in [2.75, 3.05) is 0 Å². The monoisotopic (exact) mass is 556 g/mol. The molecule has 2 unspecified atom stereocenters. The van der Waals surface area contributed by atoms with E-state index in [0.29, 0.717) is 12.8 Å². The number of carbonyl (C=O) groups excluding carboxylic acids is 2. The van der Waals surface area contributed by atoms with Crippen molar-refractivity contribution in [1.29, 1.82) is 0 Å². The minimum Gasteiger partial charge on any atom is -0.481 e. The van der Waals surface area contributed by atoms with Gasteiger partial charge in [-0.15, -0.1) is 0 Å². The van der Waals surface area contributed by atoms with Gasteiger partial charge in [-0.05, 0) is 12.8 Å². The number of aliphatic carboxylic acids is 2. The molecule has 0 fully saturated rings. The number of ether oxygens (including phenoxy) is 1. The summed E-state index contributed by atoms with van der Waals surface area (Å²) in [6.07, 6.45) is 20.4. The Morgan fingerprint density at radius 2 is 1.00 bits per heavy atom. The third-order valence-corrected chi connectivity index (χ3v) is 7.45. The molecular formula is C31H56O8. The van der Waals surface area contributed by atoms with Gasteiger partial charge in [0.15, 0.2) is 5.60 Å². The minimum absolute atomic E-state index is 0.0194. The maximum Gasteiger partial charge on any atom is 0.337 e. The fourth-order valence-corrected chi connectivity index (χ4v) is 4.96. The van der Waals surface area contributed by atoms with Crippen molar-refractivity contribution >= 4 is 23.9 Å². The van der Waals surface area contributed by atoms with Crippen LogP contribution >= 0.6 is 0 Å². The van der Waals surface area contributed by atoms with Crippen LogP contribution in [-0.4, -0.2) is 44.8 Å². The highest BCUT2D eigenvalue weighted by Gasteiger charge is 2.50. The molecule has 39 heavy (non-hydrogen) atoms. The zero-order chi connectivity index (χ0) is 29.4. The smallest absolute Gasteiger partial charge is 0.337 e. The molecule has 0 aliphatic heterocycles. The highest BCUT2D eigenvalue weighted by atomic mass is 16.6. The predicted molar refractivity (Wildman–Crippen MR) is 152 cm³/mol. The Hall–Kier alpha value is -1.96. The summed E-state index contributed by atoms with van der Waals surface area (Å²) in [5.74, 6) is -6.92. The normalized spacial score (nSPS) is 13.5. The van der Waals surface area contributed by atoms with Gasteiger partial charge in [-0.2, -0.15) is 0 Å². The van der Waals surface area contributed by atoms with Gasteiger partial charge in [0.25, 0.3) is 0 Å². The lowest BCUT2D eigenvalue weighted by Crippen LogP contribution is -2.51. The average molecular weight is 557 g/mol. The van der Waals surface area contributed by atoms with Gasteiger partial charge in [-0.1, -0.05) is 136 Å². The van der Waals surface area contributed by atoms with Gasteiger partial charge in [-0.3, -0.25) is 14.4 Å². The average Bonchev–Trinajstić information content (AvgIpc) is 2.87. The first-order valence-electron chi connectivity index (χ1n) is 15.6. The Kier molecular flexibility index (Phi) is 22.7. The Balaban J connectivity index is 4.49. The Bertz CT molecular complexity index is 678. The van der Waals surface area contributed by atoms with E-state index in [9.17, 15) is 29.4 Å². The van der Waals surface area contributed by atoms with Crippen LogP contribution in [0, 0.1) is 5.92 Å². The standard InChI is InChI=1S/C31H56O8/c1-3-5-7-9-10-11-12-13-14-15-16-17-18-20-21-23-26(31(38,30(36)37)25-27(32)33)29(35)39-28(34)24-22-19-8-6-4-2/h26,38H,3-25H2,1-2H3,(H,32,33)(H,36,37). The summed E-state index contributed by atoms with van der Waals surface area (Å²) in [5.41, 5.74) is -2.83. The van der Waals surface area contributed by atoms with Crippen LogP contribution in [0.5, 0.6) is 0 Å². The van der Waals surface area contributed by atoms with E-state index in [0.717, 1.165) is 51.4 Å². The molecule has 0 radical (unpaired) electrons. The molecule has 0 aliphatic carbocycles. The highest BCUT2D eigenvalue weighted by Crippen LogP contribution is 2.29. The number of carboxylic acid groups (broad SMARTS) is 2. The maximum atomic E-state index is 12.7. The fourth-order valence-electron chi connectivity index (χ4n) is 4.96. The number of carboxylic acids is 2. The number of rotatable bonds is 27. The largest absolute Gasteiger partial charge is 0.481 e. The first-order chi connectivity index (χ1) is 18.7. The van der Waals surface area contributed by atoms with E-state index < -0.39 is 41.8 Å². The molecule has 0 saturated carbocycles. The molecule has 3 N–H and O–H groups in total. The lowest BCUT2D eigenvalue weighted by Gasteiger charge is -2.29. The topological polar surface area (TPSA) is 138 Å². The van der Waals surface area contributed by atoms with Gasteiger partial charge < -0.3 is 20.1 Å². The van der Waals surface area contributed by atoms with Crippen molar-refractivity contribution in [2.24, 2.45) is 5.92 Å². The predicted octanol–water partition coefficient (Wildman–Crippen LogP) is 7.58. The van der Waals surface area contributed by atoms with Crippen LogP contribution in [0.15, 0.2) is 0 Å². The van der Waals surface area contributed by atoms with Crippen LogP contribution in [0.1, 0.15) is 162 Å². The maximum absolute atomic E-state index is 12.7.